The van der Waals surface area contributed by atoms with Crippen molar-refractivity contribution < 1.29 is 57.2 Å². The van der Waals surface area contributed by atoms with Crippen molar-refractivity contribution in [1.29, 1.82) is 5.26 Å². The van der Waals surface area contributed by atoms with Crippen molar-refractivity contribution in [1.82, 2.24) is 19.7 Å². The number of nitriles is 1. The molecular weight excluding hydrogens is 715 g/mol. The quantitative estimate of drug-likeness (QED) is 0.0930. The summed E-state index contributed by atoms with van der Waals surface area (Å²) in [6.45, 7) is 9.12. The number of para-hydroxylation sites is 1. The van der Waals surface area contributed by atoms with E-state index in [0.717, 1.165) is 6.33 Å². The zero-order valence-electron chi connectivity index (χ0n) is 30.4. The van der Waals surface area contributed by atoms with Gasteiger partial charge < -0.3 is 39.4 Å². The number of aliphatic hydroxyl groups is 2. The minimum atomic E-state index is -4.64. The van der Waals surface area contributed by atoms with Crippen molar-refractivity contribution in [3.63, 3.8) is 0 Å². The van der Waals surface area contributed by atoms with E-state index < -0.39 is 92.4 Å². The van der Waals surface area contributed by atoms with Crippen LogP contribution < -0.4 is 15.3 Å². The topological polar surface area (TPSA) is 256 Å². The number of nitrogen functional groups attached to an aromatic ring is 1. The maximum absolute atomic E-state index is 14.4. The third-order valence-corrected chi connectivity index (χ3v) is 9.16. The zero-order chi connectivity index (χ0) is 39.4. The van der Waals surface area contributed by atoms with E-state index in [-0.39, 0.29) is 17.3 Å². The maximum Gasteiger partial charge on any atom is 0.459 e. The molecule has 1 saturated heterocycles. The number of benzene rings is 1. The minimum Gasteiger partial charge on any atom is -0.462 e. The summed E-state index contributed by atoms with van der Waals surface area (Å²) in [6.07, 6.45) is -5.32. The van der Waals surface area contributed by atoms with Crippen molar-refractivity contribution in [2.45, 2.75) is 109 Å². The maximum atomic E-state index is 14.4. The number of fused-ring (bicyclic) bond motifs is 1. The van der Waals surface area contributed by atoms with Gasteiger partial charge in [-0.1, -0.05) is 18.2 Å². The van der Waals surface area contributed by atoms with E-state index in [1.54, 1.807) is 38.1 Å². The van der Waals surface area contributed by atoms with E-state index in [9.17, 15) is 34.4 Å². The molecule has 3 aromatic rings. The summed E-state index contributed by atoms with van der Waals surface area (Å²) in [5, 5.41) is 38.4. The molecule has 1 fully saturated rings. The Morgan fingerprint density at radius 1 is 1.06 bits per heavy atom. The van der Waals surface area contributed by atoms with Crippen molar-refractivity contribution in [3.8, 4) is 11.8 Å². The van der Waals surface area contributed by atoms with Crippen LogP contribution in [-0.4, -0.2) is 90.5 Å². The van der Waals surface area contributed by atoms with Gasteiger partial charge in [0.25, 0.3) is 0 Å². The molecule has 2 aromatic heterocycles. The van der Waals surface area contributed by atoms with Crippen LogP contribution in [0.4, 0.5) is 5.82 Å². The molecule has 288 valence electrons. The Kier molecular flexibility index (Phi) is 12.5. The number of nitrogens with zero attached hydrogens (tertiary/aromatic N) is 4. The standard InChI is InChI=1S/C34H45N6O12P/c1-20(2)48-31(43)21(3)39-53(46,52-22-11-9-8-10-12-22)47-18-34(17-35)29(50-26(42)16-33(6,7)45)28(49-25(41)15-32(4,5)44)27(51-34)23-13-14-24-30(36)37-19-38-40(23)24/h8-14,19-21,27-29,44-45H,15-16,18H2,1-7H3,(H,39,46)(H2,36,37,38)/t21?,27-,28-,29-,34+,53-/m0/s1. The van der Waals surface area contributed by atoms with Crippen LogP contribution in [-0.2, 0) is 42.4 Å². The fourth-order valence-electron chi connectivity index (χ4n) is 5.32. The Bertz CT molecular complexity index is 1870. The van der Waals surface area contributed by atoms with E-state index in [1.165, 1.54) is 57.3 Å². The van der Waals surface area contributed by atoms with Crippen LogP contribution in [0.3, 0.4) is 0 Å². The van der Waals surface area contributed by atoms with Crippen LogP contribution in [0, 0.1) is 11.3 Å². The molecule has 1 unspecified atom stereocenters. The number of nitrogens with one attached hydrogen (secondary N) is 1. The minimum absolute atomic E-state index is 0.0625. The first-order chi connectivity index (χ1) is 24.6. The molecule has 19 heteroatoms. The molecule has 5 N–H and O–H groups in total. The van der Waals surface area contributed by atoms with Gasteiger partial charge in [-0.25, -0.2) is 14.1 Å². The number of anilines is 1. The smallest absolute Gasteiger partial charge is 0.459 e. The highest BCUT2D eigenvalue weighted by Gasteiger charge is 2.62. The van der Waals surface area contributed by atoms with Gasteiger partial charge in [0, 0.05) is 0 Å². The average molecular weight is 761 g/mol. The lowest BCUT2D eigenvalue weighted by Gasteiger charge is -2.31. The third-order valence-electron chi connectivity index (χ3n) is 7.54. The molecule has 18 nitrogen and oxygen atoms in total. The van der Waals surface area contributed by atoms with Gasteiger partial charge in [0.15, 0.2) is 18.0 Å². The summed E-state index contributed by atoms with van der Waals surface area (Å²) < 4.78 is 50.5. The van der Waals surface area contributed by atoms with Crippen molar-refractivity contribution in [2.24, 2.45) is 0 Å². The van der Waals surface area contributed by atoms with E-state index in [2.05, 4.69) is 15.2 Å². The summed E-state index contributed by atoms with van der Waals surface area (Å²) >= 11 is 0. The predicted molar refractivity (Wildman–Crippen MR) is 186 cm³/mol. The Balaban J connectivity index is 1.82. The highest BCUT2D eigenvalue weighted by molar-refractivity contribution is 7.52. The van der Waals surface area contributed by atoms with E-state index in [1.807, 2.05) is 6.07 Å². The largest absolute Gasteiger partial charge is 0.462 e. The van der Waals surface area contributed by atoms with Gasteiger partial charge in [0.1, 0.15) is 42.4 Å². The number of hydrogen-bond acceptors (Lipinski definition) is 16. The van der Waals surface area contributed by atoms with Gasteiger partial charge in [0.05, 0.1) is 35.8 Å². The Labute approximate surface area is 306 Å². The first-order valence-corrected chi connectivity index (χ1v) is 18.2. The molecule has 0 spiro atoms. The van der Waals surface area contributed by atoms with Gasteiger partial charge in [-0.3, -0.25) is 18.9 Å². The Morgan fingerprint density at radius 2 is 1.68 bits per heavy atom. The van der Waals surface area contributed by atoms with Gasteiger partial charge in [0.2, 0.25) is 5.60 Å². The second-order valence-electron chi connectivity index (χ2n) is 14.1. The number of aromatic nitrogens is 3. The number of ether oxygens (including phenoxy) is 4. The highest BCUT2D eigenvalue weighted by atomic mass is 31.2. The monoisotopic (exact) mass is 760 g/mol. The summed E-state index contributed by atoms with van der Waals surface area (Å²) in [5.74, 6) is -2.62. The second kappa shape index (κ2) is 16.2. The highest BCUT2D eigenvalue weighted by Crippen LogP contribution is 2.50. The number of esters is 3. The van der Waals surface area contributed by atoms with Crippen LogP contribution in [0.5, 0.6) is 5.75 Å². The molecular formula is C34H45N6O12P. The predicted octanol–water partition coefficient (Wildman–Crippen LogP) is 2.92. The molecule has 6 atom stereocenters. The van der Waals surface area contributed by atoms with Gasteiger partial charge in [-0.2, -0.15) is 15.4 Å². The lowest BCUT2D eigenvalue weighted by molar-refractivity contribution is -0.174. The first-order valence-electron chi connectivity index (χ1n) is 16.6. The molecule has 3 heterocycles. The fraction of sp³-hybridized carbons (Fsp3) is 0.529. The van der Waals surface area contributed by atoms with E-state index in [4.69, 9.17) is 33.7 Å². The molecule has 1 aliphatic rings. The second-order valence-corrected chi connectivity index (χ2v) is 15.8. The Morgan fingerprint density at radius 3 is 2.26 bits per heavy atom. The lowest BCUT2D eigenvalue weighted by atomic mass is 9.95. The van der Waals surface area contributed by atoms with E-state index >= 15 is 0 Å². The van der Waals surface area contributed by atoms with Gasteiger partial charge in [-0.15, -0.1) is 0 Å². The SMILES string of the molecule is CC(C)OC(=O)C(C)N[P@](=O)(OC[C@@]1(C#N)O[C@@H](c2ccc3c(N)ncnn23)[C@H](OC(=O)CC(C)(C)O)[C@@H]1OC(=O)CC(C)(C)O)Oc1ccccc1. The van der Waals surface area contributed by atoms with Crippen LogP contribution >= 0.6 is 7.75 Å². The van der Waals surface area contributed by atoms with Crippen LogP contribution in [0.1, 0.15) is 73.1 Å². The lowest BCUT2D eigenvalue weighted by Crippen LogP contribution is -2.50. The molecule has 0 aliphatic carbocycles. The summed E-state index contributed by atoms with van der Waals surface area (Å²) in [4.78, 5) is 43.3. The molecule has 4 rings (SSSR count). The number of carbonyl (C=O) groups excluding carboxylic acids is 3. The molecule has 1 aliphatic heterocycles. The third kappa shape index (κ3) is 10.7. The van der Waals surface area contributed by atoms with Crippen molar-refractivity contribution >= 4 is 37.0 Å². The molecule has 53 heavy (non-hydrogen) atoms. The molecule has 0 saturated carbocycles. The van der Waals surface area contributed by atoms with Crippen molar-refractivity contribution in [3.05, 3.63) is 54.5 Å². The van der Waals surface area contributed by atoms with Crippen LogP contribution in [0.25, 0.3) is 5.52 Å². The van der Waals surface area contributed by atoms with Crippen LogP contribution in [0.15, 0.2) is 48.8 Å². The summed E-state index contributed by atoms with van der Waals surface area (Å²) in [7, 11) is -4.64. The molecule has 0 radical (unpaired) electrons. The number of rotatable bonds is 16. The van der Waals surface area contributed by atoms with Gasteiger partial charge >= 0.3 is 25.7 Å². The zero-order valence-corrected chi connectivity index (χ0v) is 31.3. The summed E-state index contributed by atoms with van der Waals surface area (Å²) in [6, 6.07) is 11.6. The first kappa shape index (κ1) is 41.1. The van der Waals surface area contributed by atoms with Crippen LogP contribution in [0.2, 0.25) is 0 Å². The van der Waals surface area contributed by atoms with Crippen molar-refractivity contribution in [2.75, 3.05) is 12.3 Å². The normalized spacial score (nSPS) is 22.1. The number of hydrogen-bond donors (Lipinski definition) is 4. The Hall–Kier alpha value is -4.63. The molecule has 1 aromatic carbocycles. The molecule has 0 bridgehead atoms. The summed E-state index contributed by atoms with van der Waals surface area (Å²) in [5.41, 5.74) is 1.04. The van der Waals surface area contributed by atoms with E-state index in [0.29, 0.717) is 5.52 Å². The fourth-order valence-corrected chi connectivity index (χ4v) is 6.85. The van der Waals surface area contributed by atoms with Gasteiger partial charge in [-0.05, 0) is 72.7 Å². The number of carbonyl (C=O) groups is 3. The average Bonchev–Trinajstić information content (AvgIpc) is 3.59. The number of nitrogens with two attached hydrogens (primary N) is 1. The molecule has 0 amide bonds.